The second-order valence-electron chi connectivity index (χ2n) is 3.93. The summed E-state index contributed by atoms with van der Waals surface area (Å²) >= 11 is 0. The summed E-state index contributed by atoms with van der Waals surface area (Å²) in [6.07, 6.45) is 13.2. The van der Waals surface area contributed by atoms with E-state index in [9.17, 15) is 0 Å². The Labute approximate surface area is 90.1 Å². The second-order valence-corrected chi connectivity index (χ2v) is 3.93. The highest BCUT2D eigenvalue weighted by Crippen LogP contribution is 2.15. The van der Waals surface area contributed by atoms with Crippen LogP contribution in [-0.2, 0) is 0 Å². The van der Waals surface area contributed by atoms with Gasteiger partial charge in [0.2, 0.25) is 0 Å². The fraction of sp³-hybridized carbons (Fsp3) is 1.00. The average molecular weight is 203 g/mol. The third-order valence-corrected chi connectivity index (χ3v) is 2.71. The number of rotatable bonds is 0. The molecular formula is C11H25NS. The Hall–Kier alpha value is 0.310. The lowest BCUT2D eigenvalue weighted by atomic mass is 10.0. The van der Waals surface area contributed by atoms with Crippen molar-refractivity contribution in [1.29, 1.82) is 0 Å². The van der Waals surface area contributed by atoms with Crippen molar-refractivity contribution in [3.8, 4) is 0 Å². The van der Waals surface area contributed by atoms with Crippen molar-refractivity contribution >= 4 is 13.5 Å². The molecule has 0 aromatic heterocycles. The van der Waals surface area contributed by atoms with E-state index in [1.165, 1.54) is 70.9 Å². The summed E-state index contributed by atoms with van der Waals surface area (Å²) in [5, 5.41) is 3.28. The van der Waals surface area contributed by atoms with Gasteiger partial charge in [-0.15, -0.1) is 0 Å². The Kier molecular flexibility index (Phi) is 10.6. The SMILES string of the molecule is C1CCCCC1.C1CCNCC1.S. The van der Waals surface area contributed by atoms with Crippen LogP contribution in [0.5, 0.6) is 0 Å². The summed E-state index contributed by atoms with van der Waals surface area (Å²) in [6.45, 7) is 2.50. The van der Waals surface area contributed by atoms with E-state index in [1.807, 2.05) is 0 Å². The quantitative estimate of drug-likeness (QED) is 0.637. The fourth-order valence-electron chi connectivity index (χ4n) is 1.86. The van der Waals surface area contributed by atoms with Gasteiger partial charge in [0.1, 0.15) is 0 Å². The van der Waals surface area contributed by atoms with Crippen molar-refractivity contribution in [3.05, 3.63) is 0 Å². The third-order valence-electron chi connectivity index (χ3n) is 2.71. The van der Waals surface area contributed by atoms with Crippen LogP contribution in [0.15, 0.2) is 0 Å². The number of hydrogen-bond acceptors (Lipinski definition) is 1. The molecule has 13 heavy (non-hydrogen) atoms. The molecule has 0 aromatic carbocycles. The van der Waals surface area contributed by atoms with E-state index < -0.39 is 0 Å². The number of nitrogens with one attached hydrogen (secondary N) is 1. The van der Waals surface area contributed by atoms with Gasteiger partial charge in [-0.3, -0.25) is 0 Å². The maximum atomic E-state index is 3.28. The minimum absolute atomic E-state index is 0. The number of hydrogen-bond donors (Lipinski definition) is 1. The minimum atomic E-state index is 0. The molecule has 0 amide bonds. The molecule has 2 fully saturated rings. The largest absolute Gasteiger partial charge is 0.317 e. The van der Waals surface area contributed by atoms with Crippen LogP contribution in [0.1, 0.15) is 57.8 Å². The van der Waals surface area contributed by atoms with Crippen molar-refractivity contribution in [3.63, 3.8) is 0 Å². The van der Waals surface area contributed by atoms with E-state index in [0.29, 0.717) is 0 Å². The zero-order chi connectivity index (χ0) is 8.49. The van der Waals surface area contributed by atoms with Crippen LogP contribution in [0.2, 0.25) is 0 Å². The van der Waals surface area contributed by atoms with Gasteiger partial charge >= 0.3 is 0 Å². The van der Waals surface area contributed by atoms with Gasteiger partial charge in [0.05, 0.1) is 0 Å². The Bertz CT molecular complexity index is 53.1. The van der Waals surface area contributed by atoms with E-state index >= 15 is 0 Å². The first-order valence-electron chi connectivity index (χ1n) is 5.71. The smallest absolute Gasteiger partial charge is 0.00489 e. The molecule has 1 nitrogen and oxygen atoms in total. The van der Waals surface area contributed by atoms with Gasteiger partial charge in [0, 0.05) is 0 Å². The van der Waals surface area contributed by atoms with Gasteiger partial charge < -0.3 is 5.32 Å². The fourth-order valence-corrected chi connectivity index (χ4v) is 1.86. The molecule has 1 heterocycles. The van der Waals surface area contributed by atoms with E-state index in [0.717, 1.165) is 0 Å². The zero-order valence-electron chi connectivity index (χ0n) is 8.78. The topological polar surface area (TPSA) is 12.0 Å². The molecule has 2 rings (SSSR count). The van der Waals surface area contributed by atoms with E-state index in [4.69, 9.17) is 0 Å². The Balaban J connectivity index is 0.000000206. The van der Waals surface area contributed by atoms with Crippen LogP contribution in [0, 0.1) is 0 Å². The molecule has 1 saturated heterocycles. The molecule has 1 aliphatic carbocycles. The van der Waals surface area contributed by atoms with Crippen molar-refractivity contribution in [2.45, 2.75) is 57.8 Å². The molecule has 2 heteroatoms. The highest BCUT2D eigenvalue weighted by atomic mass is 32.1. The lowest BCUT2D eigenvalue weighted by Crippen LogP contribution is -2.21. The van der Waals surface area contributed by atoms with Crippen molar-refractivity contribution < 1.29 is 0 Å². The van der Waals surface area contributed by atoms with Crippen molar-refractivity contribution in [2.75, 3.05) is 13.1 Å². The first-order valence-corrected chi connectivity index (χ1v) is 5.71. The van der Waals surface area contributed by atoms with Gasteiger partial charge in [0.15, 0.2) is 0 Å². The van der Waals surface area contributed by atoms with E-state index in [1.54, 1.807) is 0 Å². The summed E-state index contributed by atoms with van der Waals surface area (Å²) in [5.41, 5.74) is 0. The molecule has 0 spiro atoms. The van der Waals surface area contributed by atoms with Gasteiger partial charge in [-0.2, -0.15) is 13.5 Å². The van der Waals surface area contributed by atoms with Gasteiger partial charge in [-0.25, -0.2) is 0 Å². The zero-order valence-corrected chi connectivity index (χ0v) is 9.78. The summed E-state index contributed by atoms with van der Waals surface area (Å²) in [5.74, 6) is 0. The van der Waals surface area contributed by atoms with Crippen molar-refractivity contribution in [2.24, 2.45) is 0 Å². The van der Waals surface area contributed by atoms with Gasteiger partial charge in [-0.05, 0) is 25.9 Å². The third kappa shape index (κ3) is 8.63. The lowest BCUT2D eigenvalue weighted by Gasteiger charge is -2.08. The summed E-state index contributed by atoms with van der Waals surface area (Å²) in [7, 11) is 0. The Morgan fingerprint density at radius 1 is 0.462 bits per heavy atom. The molecule has 0 radical (unpaired) electrons. The summed E-state index contributed by atoms with van der Waals surface area (Å²) < 4.78 is 0. The normalized spacial score (nSPS) is 22.2. The second kappa shape index (κ2) is 10.4. The van der Waals surface area contributed by atoms with Crippen LogP contribution in [0.3, 0.4) is 0 Å². The van der Waals surface area contributed by atoms with Gasteiger partial charge in [0.25, 0.3) is 0 Å². The first kappa shape index (κ1) is 13.3. The molecule has 0 bridgehead atoms. The number of piperidine rings is 1. The molecule has 80 valence electrons. The summed E-state index contributed by atoms with van der Waals surface area (Å²) in [4.78, 5) is 0. The molecule has 0 aromatic rings. The minimum Gasteiger partial charge on any atom is -0.317 e. The van der Waals surface area contributed by atoms with E-state index in [2.05, 4.69) is 5.32 Å². The molecule has 1 saturated carbocycles. The Morgan fingerprint density at radius 3 is 0.923 bits per heavy atom. The van der Waals surface area contributed by atoms with Crippen molar-refractivity contribution in [1.82, 2.24) is 5.32 Å². The maximum absolute atomic E-state index is 3.28. The predicted molar refractivity (Wildman–Crippen MR) is 64.8 cm³/mol. The standard InChI is InChI=1S/C6H12.C5H11N.H2S/c2*1-2-4-6-5-3-1;/h1-6H2;6H,1-5H2;1H2. The van der Waals surface area contributed by atoms with Crippen LogP contribution in [0.4, 0.5) is 0 Å². The monoisotopic (exact) mass is 203 g/mol. The lowest BCUT2D eigenvalue weighted by molar-refractivity contribution is 0.504. The molecule has 2 aliphatic rings. The van der Waals surface area contributed by atoms with Crippen LogP contribution in [0.25, 0.3) is 0 Å². The molecule has 1 N–H and O–H groups in total. The molecule has 0 unspecified atom stereocenters. The van der Waals surface area contributed by atoms with E-state index in [-0.39, 0.29) is 13.5 Å². The highest BCUT2D eigenvalue weighted by molar-refractivity contribution is 7.59. The van der Waals surface area contributed by atoms with Crippen LogP contribution in [-0.4, -0.2) is 13.1 Å². The van der Waals surface area contributed by atoms with Crippen LogP contribution >= 0.6 is 13.5 Å². The predicted octanol–water partition coefficient (Wildman–Crippen LogP) is 3.21. The van der Waals surface area contributed by atoms with Gasteiger partial charge in [-0.1, -0.05) is 44.9 Å². The average Bonchev–Trinajstić information content (AvgIpc) is 2.24. The molecular weight excluding hydrogens is 178 g/mol. The first-order chi connectivity index (χ1) is 6.00. The van der Waals surface area contributed by atoms with Crippen LogP contribution < -0.4 is 5.32 Å². The molecule has 0 atom stereocenters. The maximum Gasteiger partial charge on any atom is -0.00489 e. The Morgan fingerprint density at radius 2 is 0.769 bits per heavy atom. The highest BCUT2D eigenvalue weighted by Gasteiger charge is 1.95. The molecule has 1 aliphatic heterocycles. The summed E-state index contributed by atoms with van der Waals surface area (Å²) in [6, 6.07) is 0.